The van der Waals surface area contributed by atoms with Gasteiger partial charge in [-0.15, -0.1) is 0 Å². The van der Waals surface area contributed by atoms with Gasteiger partial charge in [0.15, 0.2) is 0 Å². The molecule has 2 radical (unpaired) electrons. The first kappa shape index (κ1) is 11.6. The Morgan fingerprint density at radius 2 is 1.62 bits per heavy atom. The van der Waals surface area contributed by atoms with Crippen molar-refractivity contribution in [2.45, 2.75) is 13.8 Å². The van der Waals surface area contributed by atoms with E-state index in [1.807, 2.05) is 13.8 Å². The van der Waals surface area contributed by atoms with Crippen molar-refractivity contribution < 1.29 is 9.39 Å². The molecule has 0 fully saturated rings. The van der Waals surface area contributed by atoms with E-state index in [9.17, 15) is 0 Å². The Morgan fingerprint density at radius 1 is 1.15 bits per heavy atom. The molecule has 0 atom stereocenters. The molecular weight excluding hydrogens is 163 g/mol. The molecule has 0 aliphatic heterocycles. The van der Waals surface area contributed by atoms with E-state index >= 15 is 0 Å². The Bertz CT molecular complexity index is 231. The molecule has 1 aromatic carbocycles. The molecule has 0 aliphatic rings. The van der Waals surface area contributed by atoms with Crippen LogP contribution in [0.2, 0.25) is 0 Å². The quantitative estimate of drug-likeness (QED) is 0.520. The standard InChI is InChI=1S/C8H7BO2.C2H6/c1-2-10-7-3-5-8(11-9)6-4-7;1-2/h2-6H,1H2;1-2H3. The molecule has 3 heteroatoms. The van der Waals surface area contributed by atoms with Crippen molar-refractivity contribution in [2.24, 2.45) is 0 Å². The average Bonchev–Trinajstić information content (AvgIpc) is 2.23. The van der Waals surface area contributed by atoms with Gasteiger partial charge in [-0.25, -0.2) is 0 Å². The van der Waals surface area contributed by atoms with E-state index in [-0.39, 0.29) is 0 Å². The molecule has 0 aliphatic carbocycles. The van der Waals surface area contributed by atoms with Crippen molar-refractivity contribution >= 4 is 8.05 Å². The molecule has 0 unspecified atom stereocenters. The second-order valence-corrected chi connectivity index (χ2v) is 1.87. The minimum atomic E-state index is 0.599. The molecular formula is C10H13BO2. The predicted molar refractivity (Wildman–Crippen MR) is 55.0 cm³/mol. The molecule has 1 aromatic rings. The Balaban J connectivity index is 0.000000671. The first-order chi connectivity index (χ1) is 6.36. The Labute approximate surface area is 80.6 Å². The highest BCUT2D eigenvalue weighted by Gasteiger charge is 1.90. The first-order valence-corrected chi connectivity index (χ1v) is 4.11. The summed E-state index contributed by atoms with van der Waals surface area (Å²) in [5.74, 6) is 1.31. The van der Waals surface area contributed by atoms with Gasteiger partial charge in [0, 0.05) is 0 Å². The molecule has 0 aromatic heterocycles. The van der Waals surface area contributed by atoms with Crippen LogP contribution in [-0.4, -0.2) is 8.05 Å². The van der Waals surface area contributed by atoms with Crippen LogP contribution in [0.3, 0.4) is 0 Å². The van der Waals surface area contributed by atoms with Crippen LogP contribution in [0.4, 0.5) is 0 Å². The van der Waals surface area contributed by atoms with Crippen LogP contribution < -0.4 is 9.39 Å². The van der Waals surface area contributed by atoms with Crippen LogP contribution in [0.1, 0.15) is 13.8 Å². The summed E-state index contributed by atoms with van der Waals surface area (Å²) in [6.07, 6.45) is 1.36. The van der Waals surface area contributed by atoms with Crippen molar-refractivity contribution in [1.82, 2.24) is 0 Å². The topological polar surface area (TPSA) is 18.5 Å². The lowest BCUT2D eigenvalue weighted by molar-refractivity contribution is 0.482. The summed E-state index contributed by atoms with van der Waals surface area (Å²) < 4.78 is 9.44. The molecule has 68 valence electrons. The van der Waals surface area contributed by atoms with Crippen LogP contribution in [0.5, 0.6) is 11.5 Å². The molecule has 0 bridgehead atoms. The van der Waals surface area contributed by atoms with Gasteiger partial charge < -0.3 is 9.39 Å². The van der Waals surface area contributed by atoms with Crippen molar-refractivity contribution in [1.29, 1.82) is 0 Å². The third-order valence-electron chi connectivity index (χ3n) is 1.18. The minimum Gasteiger partial charge on any atom is -0.568 e. The maximum atomic E-state index is 4.97. The summed E-state index contributed by atoms with van der Waals surface area (Å²) in [5, 5.41) is 0. The minimum absolute atomic E-state index is 0.599. The molecule has 0 saturated heterocycles. The van der Waals surface area contributed by atoms with E-state index in [1.165, 1.54) is 6.26 Å². The van der Waals surface area contributed by atoms with Gasteiger partial charge >= 0.3 is 8.05 Å². The van der Waals surface area contributed by atoms with Crippen molar-refractivity contribution in [3.8, 4) is 11.5 Å². The lowest BCUT2D eigenvalue weighted by Crippen LogP contribution is -1.85. The van der Waals surface area contributed by atoms with Crippen LogP contribution >= 0.6 is 0 Å². The van der Waals surface area contributed by atoms with Crippen LogP contribution in [-0.2, 0) is 0 Å². The van der Waals surface area contributed by atoms with Crippen molar-refractivity contribution in [2.75, 3.05) is 0 Å². The summed E-state index contributed by atoms with van der Waals surface area (Å²) in [5.41, 5.74) is 0. The summed E-state index contributed by atoms with van der Waals surface area (Å²) in [6.45, 7) is 7.42. The lowest BCUT2D eigenvalue weighted by Gasteiger charge is -2.01. The highest BCUT2D eigenvalue weighted by Crippen LogP contribution is 2.16. The maximum Gasteiger partial charge on any atom is 0.374 e. The van der Waals surface area contributed by atoms with Crippen LogP contribution in [0.15, 0.2) is 37.1 Å². The third kappa shape index (κ3) is 4.26. The van der Waals surface area contributed by atoms with Crippen LogP contribution in [0.25, 0.3) is 0 Å². The number of hydrogen-bond acceptors (Lipinski definition) is 2. The van der Waals surface area contributed by atoms with Gasteiger partial charge in [0.05, 0.1) is 12.0 Å². The van der Waals surface area contributed by atoms with Crippen molar-refractivity contribution in [3.63, 3.8) is 0 Å². The van der Waals surface area contributed by atoms with Gasteiger partial charge in [-0.05, 0) is 24.3 Å². The fourth-order valence-electron chi connectivity index (χ4n) is 0.693. The molecule has 0 saturated carbocycles. The highest BCUT2D eigenvalue weighted by molar-refractivity contribution is 5.99. The number of rotatable bonds is 3. The van der Waals surface area contributed by atoms with E-state index in [4.69, 9.17) is 12.8 Å². The third-order valence-corrected chi connectivity index (χ3v) is 1.18. The Kier molecular flexibility index (Phi) is 6.51. The predicted octanol–water partition coefficient (Wildman–Crippen LogP) is 2.70. The van der Waals surface area contributed by atoms with E-state index in [0.717, 1.165) is 0 Å². The normalized spacial score (nSPS) is 7.85. The summed E-state index contributed by atoms with van der Waals surface area (Å²) >= 11 is 0. The average molecular weight is 176 g/mol. The van der Waals surface area contributed by atoms with Gasteiger partial charge in [0.25, 0.3) is 0 Å². The molecule has 0 heterocycles. The lowest BCUT2D eigenvalue weighted by atomic mass is 10.3. The SMILES string of the molecule is CC.[B]Oc1ccc(OC=C)cc1. The Morgan fingerprint density at radius 3 is 2.00 bits per heavy atom. The number of ether oxygens (including phenoxy) is 1. The molecule has 0 amide bonds. The molecule has 13 heavy (non-hydrogen) atoms. The molecule has 0 N–H and O–H groups in total. The number of hydrogen-bond donors (Lipinski definition) is 0. The Hall–Kier alpha value is -1.38. The van der Waals surface area contributed by atoms with Crippen molar-refractivity contribution in [3.05, 3.63) is 37.1 Å². The zero-order valence-electron chi connectivity index (χ0n) is 7.99. The van der Waals surface area contributed by atoms with Gasteiger partial charge in [0.2, 0.25) is 0 Å². The van der Waals surface area contributed by atoms with Gasteiger partial charge in [-0.1, -0.05) is 20.4 Å². The second kappa shape index (κ2) is 7.28. The largest absolute Gasteiger partial charge is 0.568 e. The fraction of sp³-hybridized carbons (Fsp3) is 0.200. The summed E-state index contributed by atoms with van der Waals surface area (Å²) in [4.78, 5) is 0. The zero-order valence-corrected chi connectivity index (χ0v) is 7.99. The van der Waals surface area contributed by atoms with E-state index in [0.29, 0.717) is 11.5 Å². The van der Waals surface area contributed by atoms with Gasteiger partial charge in [-0.2, -0.15) is 0 Å². The first-order valence-electron chi connectivity index (χ1n) is 4.11. The second-order valence-electron chi connectivity index (χ2n) is 1.87. The van der Waals surface area contributed by atoms with E-state index < -0.39 is 0 Å². The molecule has 2 nitrogen and oxygen atoms in total. The maximum absolute atomic E-state index is 4.97. The zero-order chi connectivity index (χ0) is 10.1. The van der Waals surface area contributed by atoms with Gasteiger partial charge in [-0.3, -0.25) is 0 Å². The van der Waals surface area contributed by atoms with Gasteiger partial charge in [0.1, 0.15) is 5.75 Å². The smallest absolute Gasteiger partial charge is 0.374 e. The van der Waals surface area contributed by atoms with E-state index in [1.54, 1.807) is 24.3 Å². The highest BCUT2D eigenvalue weighted by atomic mass is 16.5. The molecule has 1 rings (SSSR count). The number of benzene rings is 1. The fourth-order valence-corrected chi connectivity index (χ4v) is 0.693. The summed E-state index contributed by atoms with van der Waals surface area (Å²) in [6, 6.07) is 6.89. The van der Waals surface area contributed by atoms with E-state index in [2.05, 4.69) is 11.2 Å². The monoisotopic (exact) mass is 176 g/mol. The summed E-state index contributed by atoms with van der Waals surface area (Å²) in [7, 11) is 4.91. The van der Waals surface area contributed by atoms with Crippen LogP contribution in [0, 0.1) is 0 Å². The molecule has 0 spiro atoms.